The highest BCUT2D eigenvalue weighted by molar-refractivity contribution is 7.89. The Bertz CT molecular complexity index is 566. The van der Waals surface area contributed by atoms with Crippen molar-refractivity contribution >= 4 is 10.0 Å². The van der Waals surface area contributed by atoms with E-state index in [4.69, 9.17) is 4.74 Å². The van der Waals surface area contributed by atoms with Gasteiger partial charge in [-0.25, -0.2) is 13.1 Å². The van der Waals surface area contributed by atoms with Crippen molar-refractivity contribution < 1.29 is 13.2 Å². The average Bonchev–Trinajstić information content (AvgIpc) is 3.19. The Morgan fingerprint density at radius 1 is 1.35 bits per heavy atom. The topological polar surface area (TPSA) is 67.4 Å². The summed E-state index contributed by atoms with van der Waals surface area (Å²) in [5.74, 6) is 0.390. The molecule has 0 saturated heterocycles. The zero-order valence-corrected chi connectivity index (χ0v) is 13.0. The van der Waals surface area contributed by atoms with Crippen molar-refractivity contribution in [2.24, 2.45) is 0 Å². The maximum atomic E-state index is 12.2. The Kier molecular flexibility index (Phi) is 4.67. The van der Waals surface area contributed by atoms with E-state index in [0.29, 0.717) is 18.3 Å². The fourth-order valence-electron chi connectivity index (χ4n) is 1.85. The number of hydrogen-bond donors (Lipinski definition) is 2. The van der Waals surface area contributed by atoms with Gasteiger partial charge in [0.25, 0.3) is 0 Å². The van der Waals surface area contributed by atoms with E-state index < -0.39 is 10.0 Å². The van der Waals surface area contributed by atoms with Crippen LogP contribution >= 0.6 is 0 Å². The molecule has 0 radical (unpaired) electrons. The van der Waals surface area contributed by atoms with Gasteiger partial charge in [0.05, 0.1) is 7.11 Å². The van der Waals surface area contributed by atoms with E-state index >= 15 is 0 Å². The number of sulfonamides is 1. The number of methoxy groups -OCH3 is 1. The molecule has 1 aromatic carbocycles. The summed E-state index contributed by atoms with van der Waals surface area (Å²) >= 11 is 0. The molecule has 0 spiro atoms. The molecule has 0 amide bonds. The first-order valence-electron chi connectivity index (χ1n) is 6.85. The van der Waals surface area contributed by atoms with Crippen LogP contribution in [0.2, 0.25) is 0 Å². The van der Waals surface area contributed by atoms with Crippen LogP contribution in [0.3, 0.4) is 0 Å². The standard InChI is InChI=1S/C14H22N2O3S/c1-10(2)15-9-11-4-7-14(13(8-11)19-3)20(17,18)16-12-5-6-12/h4,7-8,10,12,15-16H,5-6,9H2,1-3H3. The summed E-state index contributed by atoms with van der Waals surface area (Å²) in [4.78, 5) is 0.209. The second-order valence-electron chi connectivity index (χ2n) is 5.42. The van der Waals surface area contributed by atoms with E-state index in [-0.39, 0.29) is 10.9 Å². The quantitative estimate of drug-likeness (QED) is 0.803. The van der Waals surface area contributed by atoms with Gasteiger partial charge in [0.15, 0.2) is 0 Å². The first-order valence-corrected chi connectivity index (χ1v) is 8.33. The molecule has 0 aliphatic heterocycles. The van der Waals surface area contributed by atoms with Crippen molar-refractivity contribution in [2.45, 2.75) is 50.2 Å². The SMILES string of the molecule is COc1cc(CNC(C)C)ccc1S(=O)(=O)NC1CC1. The molecule has 0 atom stereocenters. The number of ether oxygens (including phenoxy) is 1. The van der Waals surface area contributed by atoms with Crippen molar-refractivity contribution in [1.82, 2.24) is 10.0 Å². The second-order valence-corrected chi connectivity index (χ2v) is 7.10. The maximum absolute atomic E-state index is 12.2. The minimum atomic E-state index is -3.48. The van der Waals surface area contributed by atoms with E-state index in [1.165, 1.54) is 7.11 Å². The molecule has 2 rings (SSSR count). The van der Waals surface area contributed by atoms with Crippen LogP contribution < -0.4 is 14.8 Å². The Balaban J connectivity index is 2.20. The van der Waals surface area contributed by atoms with Gasteiger partial charge in [-0.15, -0.1) is 0 Å². The first-order chi connectivity index (χ1) is 9.42. The molecule has 1 saturated carbocycles. The zero-order valence-electron chi connectivity index (χ0n) is 12.1. The Morgan fingerprint density at radius 3 is 2.60 bits per heavy atom. The minimum absolute atomic E-state index is 0.0898. The van der Waals surface area contributed by atoms with Gasteiger partial charge in [-0.2, -0.15) is 0 Å². The molecule has 1 fully saturated rings. The number of benzene rings is 1. The minimum Gasteiger partial charge on any atom is -0.495 e. The largest absolute Gasteiger partial charge is 0.495 e. The fourth-order valence-corrected chi connectivity index (χ4v) is 3.31. The summed E-state index contributed by atoms with van der Waals surface area (Å²) in [5.41, 5.74) is 1.00. The third-order valence-corrected chi connectivity index (χ3v) is 4.69. The molecule has 1 aliphatic rings. The summed E-state index contributed by atoms with van der Waals surface area (Å²) in [7, 11) is -1.99. The van der Waals surface area contributed by atoms with Gasteiger partial charge >= 0.3 is 0 Å². The van der Waals surface area contributed by atoms with Gasteiger partial charge in [-0.05, 0) is 30.5 Å². The molecule has 2 N–H and O–H groups in total. The van der Waals surface area contributed by atoms with Crippen LogP contribution in [0, 0.1) is 0 Å². The molecular weight excluding hydrogens is 276 g/mol. The van der Waals surface area contributed by atoms with E-state index in [9.17, 15) is 8.42 Å². The highest BCUT2D eigenvalue weighted by atomic mass is 32.2. The monoisotopic (exact) mass is 298 g/mol. The molecule has 5 nitrogen and oxygen atoms in total. The van der Waals surface area contributed by atoms with E-state index in [0.717, 1.165) is 18.4 Å². The zero-order chi connectivity index (χ0) is 14.8. The summed E-state index contributed by atoms with van der Waals surface area (Å²) in [6.45, 7) is 4.82. The lowest BCUT2D eigenvalue weighted by Crippen LogP contribution is -2.26. The lowest BCUT2D eigenvalue weighted by molar-refractivity contribution is 0.401. The number of rotatable bonds is 7. The van der Waals surface area contributed by atoms with Crippen LogP contribution in [0.25, 0.3) is 0 Å². The molecular formula is C14H22N2O3S. The van der Waals surface area contributed by atoms with Gasteiger partial charge in [0.2, 0.25) is 10.0 Å². The van der Waals surface area contributed by atoms with Gasteiger partial charge < -0.3 is 10.1 Å². The summed E-state index contributed by atoms with van der Waals surface area (Å²) in [6.07, 6.45) is 1.83. The molecule has 0 heterocycles. The van der Waals surface area contributed by atoms with E-state index in [1.807, 2.05) is 6.07 Å². The van der Waals surface area contributed by atoms with Gasteiger partial charge in [-0.1, -0.05) is 19.9 Å². The van der Waals surface area contributed by atoms with E-state index in [1.54, 1.807) is 12.1 Å². The molecule has 112 valence electrons. The fraction of sp³-hybridized carbons (Fsp3) is 0.571. The van der Waals surface area contributed by atoms with Crippen LogP contribution in [0.5, 0.6) is 5.75 Å². The van der Waals surface area contributed by atoms with Crippen molar-refractivity contribution in [3.63, 3.8) is 0 Å². The lowest BCUT2D eigenvalue weighted by atomic mass is 10.2. The normalized spacial score (nSPS) is 15.6. The summed E-state index contributed by atoms with van der Waals surface area (Å²) < 4.78 is 32.4. The average molecular weight is 298 g/mol. The molecule has 0 bridgehead atoms. The molecule has 0 aromatic heterocycles. The second kappa shape index (κ2) is 6.11. The highest BCUT2D eigenvalue weighted by Crippen LogP contribution is 2.28. The summed E-state index contributed by atoms with van der Waals surface area (Å²) in [6, 6.07) is 5.67. The third-order valence-electron chi connectivity index (χ3n) is 3.13. The van der Waals surface area contributed by atoms with Crippen LogP contribution in [-0.4, -0.2) is 27.6 Å². The first kappa shape index (κ1) is 15.3. The predicted molar refractivity (Wildman–Crippen MR) is 78.3 cm³/mol. The van der Waals surface area contributed by atoms with E-state index in [2.05, 4.69) is 23.9 Å². The van der Waals surface area contributed by atoms with Crippen molar-refractivity contribution in [1.29, 1.82) is 0 Å². The van der Waals surface area contributed by atoms with Crippen LogP contribution in [0.4, 0.5) is 0 Å². The van der Waals surface area contributed by atoms with Crippen molar-refractivity contribution in [3.8, 4) is 5.75 Å². The molecule has 6 heteroatoms. The van der Waals surface area contributed by atoms with Crippen molar-refractivity contribution in [3.05, 3.63) is 23.8 Å². The molecule has 0 unspecified atom stereocenters. The van der Waals surface area contributed by atoms with Gasteiger partial charge in [0, 0.05) is 18.6 Å². The summed E-state index contributed by atoms with van der Waals surface area (Å²) in [5, 5.41) is 3.29. The van der Waals surface area contributed by atoms with Gasteiger partial charge in [-0.3, -0.25) is 0 Å². The molecule has 20 heavy (non-hydrogen) atoms. The lowest BCUT2D eigenvalue weighted by Gasteiger charge is -2.13. The van der Waals surface area contributed by atoms with Crippen LogP contribution in [-0.2, 0) is 16.6 Å². The van der Waals surface area contributed by atoms with Crippen LogP contribution in [0.15, 0.2) is 23.1 Å². The Morgan fingerprint density at radius 2 is 2.05 bits per heavy atom. The Hall–Kier alpha value is -1.11. The molecule has 1 aromatic rings. The third kappa shape index (κ3) is 3.94. The van der Waals surface area contributed by atoms with Crippen LogP contribution in [0.1, 0.15) is 32.3 Å². The number of nitrogens with one attached hydrogen (secondary N) is 2. The number of hydrogen-bond acceptors (Lipinski definition) is 4. The highest BCUT2D eigenvalue weighted by Gasteiger charge is 2.29. The maximum Gasteiger partial charge on any atom is 0.244 e. The Labute approximate surface area is 120 Å². The smallest absolute Gasteiger partial charge is 0.244 e. The van der Waals surface area contributed by atoms with Crippen molar-refractivity contribution in [2.75, 3.05) is 7.11 Å². The predicted octanol–water partition coefficient (Wildman–Crippen LogP) is 1.63. The molecule has 1 aliphatic carbocycles. The van der Waals surface area contributed by atoms with Gasteiger partial charge in [0.1, 0.15) is 10.6 Å².